The summed E-state index contributed by atoms with van der Waals surface area (Å²) in [5, 5.41) is -0.0339. The van der Waals surface area contributed by atoms with Crippen LogP contribution in [-0.2, 0) is 18.8 Å². The number of rotatable bonds is 10. The number of benzene rings is 3. The number of hydrogen-bond donors (Lipinski definition) is 0. The molecule has 3 atom stereocenters. The van der Waals surface area contributed by atoms with Crippen molar-refractivity contribution in [3.8, 4) is 11.8 Å². The first-order valence-electron chi connectivity index (χ1n) is 14.8. The Morgan fingerprint density at radius 2 is 1.48 bits per heavy atom. The van der Waals surface area contributed by atoms with Crippen LogP contribution in [0.5, 0.6) is 0 Å². The number of amides is 1. The minimum atomic E-state index is -2.18. The van der Waals surface area contributed by atoms with E-state index in [1.165, 1.54) is 4.90 Å². The van der Waals surface area contributed by atoms with E-state index in [-0.39, 0.29) is 35.8 Å². The molecule has 0 radical (unpaired) electrons. The van der Waals surface area contributed by atoms with E-state index in [4.69, 9.17) is 9.16 Å². The van der Waals surface area contributed by atoms with E-state index < -0.39 is 32.4 Å². The molecule has 1 heterocycles. The highest BCUT2D eigenvalue weighted by Gasteiger charge is 2.52. The SMILES string of the molecule is C[C@@H](O[Si](C)(C)C(C)(C)C)[C@@H]1C(=O)N(CC(=O)OC(c2ccccc2)c2ccccc2)[C@@H]1CC#CC(=O)c1ccc(Br)cc1. The molecule has 1 aliphatic heterocycles. The Bertz CT molecular complexity index is 1480. The number of halogens is 1. The number of likely N-dealkylation sites (tertiary alicyclic amines) is 1. The third-order valence-corrected chi connectivity index (χ3v) is 13.7. The van der Waals surface area contributed by atoms with Crippen molar-refractivity contribution in [2.24, 2.45) is 5.92 Å². The molecule has 44 heavy (non-hydrogen) atoms. The van der Waals surface area contributed by atoms with Gasteiger partial charge in [0.05, 0.1) is 18.1 Å². The fourth-order valence-corrected chi connectivity index (χ4v) is 6.79. The Balaban J connectivity index is 1.54. The second-order valence-electron chi connectivity index (χ2n) is 12.7. The standard InChI is InChI=1S/C36H40BrNO5Si/c1-25(43-44(5,6)36(2,3)4)33-30(18-13-19-31(39)26-20-22-29(37)23-21-26)38(35(33)41)24-32(40)42-34(27-14-9-7-10-15-27)28-16-11-8-12-17-28/h7-12,14-17,20-23,25,30,33-34H,18,24H2,1-6H3/t25-,30-,33+/m1/s1. The molecule has 1 amide bonds. The highest BCUT2D eigenvalue weighted by atomic mass is 79.9. The van der Waals surface area contributed by atoms with Gasteiger partial charge in [-0.25, -0.2) is 0 Å². The highest BCUT2D eigenvalue weighted by molar-refractivity contribution is 9.10. The van der Waals surface area contributed by atoms with Crippen LogP contribution < -0.4 is 0 Å². The van der Waals surface area contributed by atoms with Gasteiger partial charge in [0.2, 0.25) is 11.7 Å². The van der Waals surface area contributed by atoms with Crippen LogP contribution in [0.3, 0.4) is 0 Å². The zero-order valence-corrected chi connectivity index (χ0v) is 28.8. The van der Waals surface area contributed by atoms with Crippen molar-refractivity contribution < 1.29 is 23.5 Å². The average molecular weight is 675 g/mol. The van der Waals surface area contributed by atoms with Gasteiger partial charge in [0, 0.05) is 16.5 Å². The van der Waals surface area contributed by atoms with Gasteiger partial charge in [-0.05, 0) is 66.4 Å². The van der Waals surface area contributed by atoms with Crippen molar-refractivity contribution in [2.75, 3.05) is 6.54 Å². The second-order valence-corrected chi connectivity index (χ2v) is 18.3. The molecule has 1 saturated heterocycles. The van der Waals surface area contributed by atoms with E-state index in [2.05, 4.69) is 61.6 Å². The Morgan fingerprint density at radius 3 is 2.00 bits per heavy atom. The van der Waals surface area contributed by atoms with Crippen LogP contribution >= 0.6 is 15.9 Å². The molecule has 6 nitrogen and oxygen atoms in total. The highest BCUT2D eigenvalue weighted by Crippen LogP contribution is 2.41. The molecule has 3 aromatic carbocycles. The van der Waals surface area contributed by atoms with Gasteiger partial charge >= 0.3 is 5.97 Å². The number of carbonyl (C=O) groups is 3. The summed E-state index contributed by atoms with van der Waals surface area (Å²) in [7, 11) is -2.18. The number of β-lactam (4-membered cyclic amide) rings is 1. The summed E-state index contributed by atoms with van der Waals surface area (Å²) in [5.41, 5.74) is 2.17. The largest absolute Gasteiger partial charge is 0.451 e. The Hall–Kier alpha value is -3.51. The number of ether oxygens (including phenoxy) is 1. The molecular weight excluding hydrogens is 634 g/mol. The number of esters is 1. The number of hydrogen-bond acceptors (Lipinski definition) is 5. The Morgan fingerprint density at radius 1 is 0.932 bits per heavy atom. The lowest BCUT2D eigenvalue weighted by molar-refractivity contribution is -0.171. The van der Waals surface area contributed by atoms with Crippen molar-refractivity contribution in [3.05, 3.63) is 106 Å². The first-order chi connectivity index (χ1) is 20.8. The molecule has 0 aromatic heterocycles. The van der Waals surface area contributed by atoms with E-state index in [1.54, 1.807) is 24.3 Å². The van der Waals surface area contributed by atoms with Crippen LogP contribution in [0.4, 0.5) is 0 Å². The molecule has 1 fully saturated rings. The molecule has 3 aromatic rings. The van der Waals surface area contributed by atoms with Crippen LogP contribution in [0.2, 0.25) is 18.1 Å². The fraction of sp³-hybridized carbons (Fsp3) is 0.361. The molecule has 0 bridgehead atoms. The molecule has 4 rings (SSSR count). The monoisotopic (exact) mass is 673 g/mol. The molecule has 0 spiro atoms. The van der Waals surface area contributed by atoms with E-state index >= 15 is 0 Å². The van der Waals surface area contributed by atoms with Crippen LogP contribution in [0, 0.1) is 17.8 Å². The number of carbonyl (C=O) groups excluding carboxylic acids is 3. The van der Waals surface area contributed by atoms with E-state index in [0.717, 1.165) is 15.6 Å². The smallest absolute Gasteiger partial charge is 0.326 e. The van der Waals surface area contributed by atoms with Crippen LogP contribution in [0.15, 0.2) is 89.4 Å². The minimum Gasteiger partial charge on any atom is -0.451 e. The summed E-state index contributed by atoms with van der Waals surface area (Å²) in [5.74, 6) is 4.25. The lowest BCUT2D eigenvalue weighted by Gasteiger charge is -2.50. The molecular formula is C36H40BrNO5Si. The van der Waals surface area contributed by atoms with Gasteiger partial charge in [0.15, 0.2) is 14.4 Å². The molecule has 0 unspecified atom stereocenters. The minimum absolute atomic E-state index is 0.0339. The van der Waals surface area contributed by atoms with Crippen molar-refractivity contribution in [2.45, 2.75) is 70.5 Å². The summed E-state index contributed by atoms with van der Waals surface area (Å²) in [4.78, 5) is 41.2. The molecule has 8 heteroatoms. The first kappa shape index (κ1) is 33.4. The Kier molecular flexibility index (Phi) is 10.7. The van der Waals surface area contributed by atoms with Gasteiger partial charge in [-0.3, -0.25) is 14.4 Å². The summed E-state index contributed by atoms with van der Waals surface area (Å²) in [6.45, 7) is 12.5. The normalized spacial score (nSPS) is 17.4. The molecule has 0 aliphatic carbocycles. The van der Waals surface area contributed by atoms with Gasteiger partial charge < -0.3 is 14.1 Å². The van der Waals surface area contributed by atoms with E-state index in [0.29, 0.717) is 5.56 Å². The van der Waals surface area contributed by atoms with Gasteiger partial charge in [0.1, 0.15) is 6.54 Å². The van der Waals surface area contributed by atoms with Gasteiger partial charge in [0.25, 0.3) is 0 Å². The van der Waals surface area contributed by atoms with Crippen molar-refractivity contribution in [3.63, 3.8) is 0 Å². The second kappa shape index (κ2) is 14.1. The first-order valence-corrected chi connectivity index (χ1v) is 18.5. The van der Waals surface area contributed by atoms with Crippen molar-refractivity contribution >= 4 is 41.9 Å². The predicted molar refractivity (Wildman–Crippen MR) is 178 cm³/mol. The van der Waals surface area contributed by atoms with E-state index in [1.807, 2.05) is 67.6 Å². The summed E-state index contributed by atoms with van der Waals surface area (Å²) in [6, 6.07) is 25.7. The lowest BCUT2D eigenvalue weighted by atomic mass is 9.81. The maximum Gasteiger partial charge on any atom is 0.326 e. The average Bonchev–Trinajstić information content (AvgIpc) is 2.98. The van der Waals surface area contributed by atoms with Crippen LogP contribution in [0.25, 0.3) is 0 Å². The fourth-order valence-electron chi connectivity index (χ4n) is 5.09. The van der Waals surface area contributed by atoms with Crippen molar-refractivity contribution in [1.82, 2.24) is 4.90 Å². The third-order valence-electron chi connectivity index (χ3n) is 8.55. The number of Topliss-reactive ketones (excluding diaryl/α,β-unsaturated/α-hetero) is 1. The maximum atomic E-state index is 13.6. The zero-order valence-electron chi connectivity index (χ0n) is 26.2. The van der Waals surface area contributed by atoms with Crippen molar-refractivity contribution in [1.29, 1.82) is 0 Å². The third kappa shape index (κ3) is 7.95. The lowest BCUT2D eigenvalue weighted by Crippen LogP contribution is -2.66. The zero-order chi connectivity index (χ0) is 32.1. The number of ketones is 1. The predicted octanol–water partition coefficient (Wildman–Crippen LogP) is 7.60. The van der Waals surface area contributed by atoms with Gasteiger partial charge in [-0.15, -0.1) is 0 Å². The summed E-state index contributed by atoms with van der Waals surface area (Å²) in [6.07, 6.45) is -0.747. The van der Waals surface area contributed by atoms with E-state index in [9.17, 15) is 14.4 Å². The summed E-state index contributed by atoms with van der Waals surface area (Å²) < 4.78 is 13.5. The van der Waals surface area contributed by atoms with Crippen LogP contribution in [0.1, 0.15) is 61.7 Å². The molecule has 0 N–H and O–H groups in total. The summed E-state index contributed by atoms with van der Waals surface area (Å²) >= 11 is 3.38. The number of nitrogens with zero attached hydrogens (tertiary/aromatic N) is 1. The van der Waals surface area contributed by atoms with Gasteiger partial charge in [-0.1, -0.05) is 103 Å². The maximum absolute atomic E-state index is 13.6. The van der Waals surface area contributed by atoms with Gasteiger partial charge in [-0.2, -0.15) is 0 Å². The molecule has 1 aliphatic rings. The van der Waals surface area contributed by atoms with Crippen LogP contribution in [-0.4, -0.2) is 49.6 Å². The Labute approximate surface area is 270 Å². The molecule has 0 saturated carbocycles. The quantitative estimate of drug-likeness (QED) is 0.0554. The molecule has 230 valence electrons. The topological polar surface area (TPSA) is 72.9 Å².